The van der Waals surface area contributed by atoms with Crippen LogP contribution in [-0.4, -0.2) is 43.5 Å². The van der Waals surface area contributed by atoms with Gasteiger partial charge in [0.05, 0.1) is 6.54 Å². The average molecular weight is 275 g/mol. The number of amides is 1. The van der Waals surface area contributed by atoms with E-state index in [4.69, 9.17) is 0 Å². The van der Waals surface area contributed by atoms with E-state index in [1.54, 1.807) is 0 Å². The normalized spacial score (nSPS) is 16.8. The summed E-state index contributed by atoms with van der Waals surface area (Å²) in [7, 11) is 0. The molecule has 0 aromatic heterocycles. The van der Waals surface area contributed by atoms with Gasteiger partial charge in [-0.05, 0) is 51.4 Å². The van der Waals surface area contributed by atoms with E-state index in [2.05, 4.69) is 34.6 Å². The fraction of sp³-hybridized carbons (Fsp3) is 0.562. The first-order valence-electron chi connectivity index (χ1n) is 7.37. The number of anilines is 1. The average Bonchev–Trinajstić information content (AvgIpc) is 2.62. The first kappa shape index (κ1) is 15.0. The molecule has 0 bridgehead atoms. The van der Waals surface area contributed by atoms with Gasteiger partial charge in [-0.15, -0.1) is 0 Å². The molecule has 1 aliphatic heterocycles. The third kappa shape index (κ3) is 4.05. The molecule has 4 heteroatoms. The molecule has 0 unspecified atom stereocenters. The lowest BCUT2D eigenvalue weighted by molar-refractivity contribution is -0.117. The zero-order chi connectivity index (χ0) is 14.5. The number of aryl methyl sites for hydroxylation is 3. The van der Waals surface area contributed by atoms with E-state index in [1.807, 2.05) is 13.8 Å². The first-order chi connectivity index (χ1) is 9.56. The molecule has 1 heterocycles. The van der Waals surface area contributed by atoms with Crippen molar-refractivity contribution in [3.63, 3.8) is 0 Å². The minimum atomic E-state index is 0.0851. The molecule has 0 spiro atoms. The summed E-state index contributed by atoms with van der Waals surface area (Å²) in [5, 5.41) is 6.42. The van der Waals surface area contributed by atoms with E-state index in [0.717, 1.165) is 49.4 Å². The van der Waals surface area contributed by atoms with Gasteiger partial charge in [0.15, 0.2) is 0 Å². The second-order valence-electron chi connectivity index (χ2n) is 5.70. The highest BCUT2D eigenvalue weighted by Crippen LogP contribution is 2.21. The fourth-order valence-electron chi connectivity index (χ4n) is 2.82. The van der Waals surface area contributed by atoms with Gasteiger partial charge < -0.3 is 10.6 Å². The molecule has 0 aliphatic carbocycles. The Kier molecular flexibility index (Phi) is 5.15. The number of nitrogens with zero attached hydrogens (tertiary/aromatic N) is 1. The summed E-state index contributed by atoms with van der Waals surface area (Å²) in [5.41, 5.74) is 4.46. The van der Waals surface area contributed by atoms with E-state index in [0.29, 0.717) is 6.54 Å². The van der Waals surface area contributed by atoms with E-state index >= 15 is 0 Å². The Balaban J connectivity index is 1.97. The van der Waals surface area contributed by atoms with Crippen molar-refractivity contribution >= 4 is 11.6 Å². The van der Waals surface area contributed by atoms with Gasteiger partial charge in [-0.1, -0.05) is 17.7 Å². The Morgan fingerprint density at radius 3 is 2.60 bits per heavy atom. The van der Waals surface area contributed by atoms with Crippen LogP contribution in [0, 0.1) is 20.8 Å². The molecule has 1 aliphatic rings. The van der Waals surface area contributed by atoms with Crippen LogP contribution in [0.25, 0.3) is 0 Å². The number of carbonyl (C=O) groups is 1. The van der Waals surface area contributed by atoms with E-state index in [-0.39, 0.29) is 5.91 Å². The lowest BCUT2D eigenvalue weighted by Gasteiger charge is -2.20. The van der Waals surface area contributed by atoms with Gasteiger partial charge in [0.1, 0.15) is 0 Å². The Bertz CT molecular complexity index is 454. The molecule has 1 amide bonds. The highest BCUT2D eigenvalue weighted by molar-refractivity contribution is 5.93. The predicted molar refractivity (Wildman–Crippen MR) is 83.2 cm³/mol. The van der Waals surface area contributed by atoms with Crippen LogP contribution in [0.1, 0.15) is 23.1 Å². The molecule has 0 atom stereocenters. The lowest BCUT2D eigenvalue weighted by Crippen LogP contribution is -2.35. The van der Waals surface area contributed by atoms with Crippen molar-refractivity contribution < 1.29 is 4.79 Å². The second kappa shape index (κ2) is 6.86. The number of hydrogen-bond acceptors (Lipinski definition) is 3. The molecule has 1 fully saturated rings. The van der Waals surface area contributed by atoms with Gasteiger partial charge in [0.2, 0.25) is 5.91 Å². The third-order valence-corrected chi connectivity index (χ3v) is 3.74. The molecule has 1 aromatic carbocycles. The molecular weight excluding hydrogens is 250 g/mol. The molecule has 0 saturated carbocycles. The monoisotopic (exact) mass is 275 g/mol. The third-order valence-electron chi connectivity index (χ3n) is 3.74. The van der Waals surface area contributed by atoms with E-state index < -0.39 is 0 Å². The number of hydrogen-bond donors (Lipinski definition) is 2. The highest BCUT2D eigenvalue weighted by Gasteiger charge is 2.14. The fourth-order valence-corrected chi connectivity index (χ4v) is 2.82. The van der Waals surface area contributed by atoms with Crippen molar-refractivity contribution in [1.82, 2.24) is 10.2 Å². The number of benzene rings is 1. The summed E-state index contributed by atoms with van der Waals surface area (Å²) in [6.07, 6.45) is 1.11. The minimum absolute atomic E-state index is 0.0851. The smallest absolute Gasteiger partial charge is 0.238 e. The minimum Gasteiger partial charge on any atom is -0.324 e. The quantitative estimate of drug-likeness (QED) is 0.885. The van der Waals surface area contributed by atoms with Crippen LogP contribution in [-0.2, 0) is 4.79 Å². The maximum Gasteiger partial charge on any atom is 0.238 e. The van der Waals surface area contributed by atoms with Crippen molar-refractivity contribution in [3.05, 3.63) is 28.8 Å². The van der Waals surface area contributed by atoms with Crippen LogP contribution < -0.4 is 10.6 Å². The van der Waals surface area contributed by atoms with Gasteiger partial charge in [0, 0.05) is 18.8 Å². The molecule has 2 rings (SSSR count). The Labute approximate surface area is 121 Å². The lowest BCUT2D eigenvalue weighted by atomic mass is 10.1. The van der Waals surface area contributed by atoms with Crippen LogP contribution in [0.3, 0.4) is 0 Å². The summed E-state index contributed by atoms with van der Waals surface area (Å²) >= 11 is 0. The van der Waals surface area contributed by atoms with Crippen molar-refractivity contribution in [2.75, 3.05) is 38.0 Å². The van der Waals surface area contributed by atoms with Crippen LogP contribution >= 0.6 is 0 Å². The zero-order valence-electron chi connectivity index (χ0n) is 12.8. The highest BCUT2D eigenvalue weighted by atomic mass is 16.2. The Morgan fingerprint density at radius 1 is 1.20 bits per heavy atom. The van der Waals surface area contributed by atoms with Gasteiger partial charge >= 0.3 is 0 Å². The first-order valence-corrected chi connectivity index (χ1v) is 7.37. The van der Waals surface area contributed by atoms with Crippen LogP contribution in [0.15, 0.2) is 12.1 Å². The number of nitrogens with one attached hydrogen (secondary N) is 2. The molecule has 20 heavy (non-hydrogen) atoms. The Hall–Kier alpha value is -1.39. The van der Waals surface area contributed by atoms with Crippen molar-refractivity contribution in [2.24, 2.45) is 0 Å². The maximum absolute atomic E-state index is 12.2. The van der Waals surface area contributed by atoms with Crippen molar-refractivity contribution in [1.29, 1.82) is 0 Å². The van der Waals surface area contributed by atoms with Crippen molar-refractivity contribution in [2.45, 2.75) is 27.2 Å². The molecule has 110 valence electrons. The molecule has 4 nitrogen and oxygen atoms in total. The predicted octanol–water partition coefficient (Wildman–Crippen LogP) is 1.85. The molecular formula is C16H25N3O. The topological polar surface area (TPSA) is 44.4 Å². The van der Waals surface area contributed by atoms with Crippen LogP contribution in [0.4, 0.5) is 5.69 Å². The van der Waals surface area contributed by atoms with Gasteiger partial charge in [-0.3, -0.25) is 9.69 Å². The SMILES string of the molecule is Cc1cc(C)c(NC(=O)CN2CCCNCC2)c(C)c1. The second-order valence-corrected chi connectivity index (χ2v) is 5.70. The maximum atomic E-state index is 12.2. The summed E-state index contributed by atoms with van der Waals surface area (Å²) in [5.74, 6) is 0.0851. The van der Waals surface area contributed by atoms with Gasteiger partial charge in [-0.2, -0.15) is 0 Å². The van der Waals surface area contributed by atoms with Crippen LogP contribution in [0.2, 0.25) is 0 Å². The zero-order valence-corrected chi connectivity index (χ0v) is 12.8. The molecule has 1 aromatic rings. The molecule has 2 N–H and O–H groups in total. The summed E-state index contributed by atoms with van der Waals surface area (Å²) in [6.45, 7) is 10.6. The molecule has 0 radical (unpaired) electrons. The largest absolute Gasteiger partial charge is 0.324 e. The van der Waals surface area contributed by atoms with Gasteiger partial charge in [-0.25, -0.2) is 0 Å². The Morgan fingerprint density at radius 2 is 1.90 bits per heavy atom. The van der Waals surface area contributed by atoms with Crippen LogP contribution in [0.5, 0.6) is 0 Å². The summed E-state index contributed by atoms with van der Waals surface area (Å²) in [6, 6.07) is 4.22. The number of rotatable bonds is 3. The van der Waals surface area contributed by atoms with E-state index in [9.17, 15) is 4.79 Å². The van der Waals surface area contributed by atoms with E-state index in [1.165, 1.54) is 5.56 Å². The standard InChI is InChI=1S/C16H25N3O/c1-12-9-13(2)16(14(3)10-12)18-15(20)11-19-7-4-5-17-6-8-19/h9-10,17H,4-8,11H2,1-3H3,(H,18,20). The molecule has 1 saturated heterocycles. The number of carbonyl (C=O) groups excluding carboxylic acids is 1. The summed E-state index contributed by atoms with van der Waals surface area (Å²) < 4.78 is 0. The summed E-state index contributed by atoms with van der Waals surface area (Å²) in [4.78, 5) is 14.4. The van der Waals surface area contributed by atoms with Gasteiger partial charge in [0.25, 0.3) is 0 Å². The van der Waals surface area contributed by atoms with Crippen molar-refractivity contribution in [3.8, 4) is 0 Å².